The van der Waals surface area contributed by atoms with Crippen LogP contribution in [0.15, 0.2) is 30.6 Å². The van der Waals surface area contributed by atoms with E-state index < -0.39 is 0 Å². The molecule has 1 aliphatic rings. The zero-order chi connectivity index (χ0) is 13.9. The molecule has 1 aliphatic heterocycles. The maximum atomic E-state index is 6.39. The summed E-state index contributed by atoms with van der Waals surface area (Å²) in [5.74, 6) is 2.16. The van der Waals surface area contributed by atoms with Crippen LogP contribution in [0.1, 0.15) is 30.7 Å². The maximum Gasteiger partial charge on any atom is 0.138 e. The average Bonchev–Trinajstić information content (AvgIpc) is 3.06. The van der Waals surface area contributed by atoms with Crippen LogP contribution < -0.4 is 10.5 Å². The zero-order valence-corrected chi connectivity index (χ0v) is 11.7. The lowest BCUT2D eigenvalue weighted by atomic mass is 9.92. The Bertz CT molecular complexity index is 581. The van der Waals surface area contributed by atoms with Crippen LogP contribution in [-0.4, -0.2) is 27.4 Å². The van der Waals surface area contributed by atoms with Crippen molar-refractivity contribution < 1.29 is 4.74 Å². The fraction of sp³-hybridized carbons (Fsp3) is 0.467. The molecular weight excluding hydrogens is 252 g/mol. The standard InChI is InChI=1S/C15H20N4O/c1-2-7-19-15(17-10-18-19)8-13(16)12-9-20-14-6-4-3-5-11(12)14/h3-6,10,12-13H,2,7-9,16H2,1H3. The quantitative estimate of drug-likeness (QED) is 0.900. The normalized spacial score (nSPS) is 18.6. The van der Waals surface area contributed by atoms with Gasteiger partial charge in [-0.2, -0.15) is 5.10 Å². The summed E-state index contributed by atoms with van der Waals surface area (Å²) in [6.07, 6.45) is 3.38. The van der Waals surface area contributed by atoms with Crippen molar-refractivity contribution in [2.45, 2.75) is 38.3 Å². The van der Waals surface area contributed by atoms with Gasteiger partial charge < -0.3 is 10.5 Å². The number of benzene rings is 1. The summed E-state index contributed by atoms with van der Waals surface area (Å²) in [5.41, 5.74) is 7.60. The minimum Gasteiger partial charge on any atom is -0.493 e. The molecule has 5 nitrogen and oxygen atoms in total. The summed E-state index contributed by atoms with van der Waals surface area (Å²) in [5, 5.41) is 4.25. The Balaban J connectivity index is 1.74. The summed E-state index contributed by atoms with van der Waals surface area (Å²) in [6, 6.07) is 8.13. The van der Waals surface area contributed by atoms with Crippen molar-refractivity contribution in [2.75, 3.05) is 6.61 Å². The van der Waals surface area contributed by atoms with E-state index in [0.29, 0.717) is 6.61 Å². The van der Waals surface area contributed by atoms with Crippen LogP contribution in [0.25, 0.3) is 0 Å². The number of ether oxygens (including phenoxy) is 1. The third kappa shape index (κ3) is 2.41. The van der Waals surface area contributed by atoms with Crippen LogP contribution in [0.3, 0.4) is 0 Å². The van der Waals surface area contributed by atoms with E-state index in [1.807, 2.05) is 22.9 Å². The highest BCUT2D eigenvalue weighted by Crippen LogP contribution is 2.35. The lowest BCUT2D eigenvalue weighted by Gasteiger charge is -2.18. The van der Waals surface area contributed by atoms with Gasteiger partial charge in [-0.15, -0.1) is 0 Å². The lowest BCUT2D eigenvalue weighted by molar-refractivity contribution is 0.311. The molecule has 0 radical (unpaired) electrons. The molecule has 5 heteroatoms. The SMILES string of the molecule is CCCn1ncnc1CC(N)C1COc2ccccc21. The number of aromatic nitrogens is 3. The first-order valence-electron chi connectivity index (χ1n) is 7.13. The van der Waals surface area contributed by atoms with E-state index in [2.05, 4.69) is 23.1 Å². The van der Waals surface area contributed by atoms with Gasteiger partial charge in [0.15, 0.2) is 0 Å². The van der Waals surface area contributed by atoms with Gasteiger partial charge in [-0.1, -0.05) is 25.1 Å². The molecule has 0 saturated heterocycles. The number of nitrogens with zero attached hydrogens (tertiary/aromatic N) is 3. The predicted molar refractivity (Wildman–Crippen MR) is 76.7 cm³/mol. The Morgan fingerprint density at radius 2 is 2.30 bits per heavy atom. The van der Waals surface area contributed by atoms with E-state index in [4.69, 9.17) is 10.5 Å². The molecule has 2 aromatic rings. The van der Waals surface area contributed by atoms with Crippen molar-refractivity contribution in [2.24, 2.45) is 5.73 Å². The first-order valence-corrected chi connectivity index (χ1v) is 7.13. The smallest absolute Gasteiger partial charge is 0.138 e. The van der Waals surface area contributed by atoms with Crippen molar-refractivity contribution in [3.8, 4) is 5.75 Å². The van der Waals surface area contributed by atoms with E-state index in [0.717, 1.165) is 31.0 Å². The Labute approximate surface area is 118 Å². The molecule has 2 atom stereocenters. The molecule has 1 aromatic carbocycles. The molecule has 106 valence electrons. The van der Waals surface area contributed by atoms with E-state index in [-0.39, 0.29) is 12.0 Å². The summed E-state index contributed by atoms with van der Waals surface area (Å²) < 4.78 is 7.65. The number of hydrogen-bond donors (Lipinski definition) is 1. The average molecular weight is 272 g/mol. The number of nitrogens with two attached hydrogens (primary N) is 1. The molecule has 0 amide bonds. The summed E-state index contributed by atoms with van der Waals surface area (Å²) >= 11 is 0. The van der Waals surface area contributed by atoms with Gasteiger partial charge in [-0.25, -0.2) is 4.98 Å². The summed E-state index contributed by atoms with van der Waals surface area (Å²) in [6.45, 7) is 3.68. The molecule has 0 bridgehead atoms. The Morgan fingerprint density at radius 3 is 3.15 bits per heavy atom. The molecule has 0 spiro atoms. The Morgan fingerprint density at radius 1 is 1.45 bits per heavy atom. The second-order valence-electron chi connectivity index (χ2n) is 5.22. The van der Waals surface area contributed by atoms with Crippen LogP contribution in [0.4, 0.5) is 0 Å². The highest BCUT2D eigenvalue weighted by Gasteiger charge is 2.29. The second kappa shape index (κ2) is 5.63. The van der Waals surface area contributed by atoms with Gasteiger partial charge in [0.05, 0.1) is 6.61 Å². The molecule has 20 heavy (non-hydrogen) atoms. The Hall–Kier alpha value is -1.88. The highest BCUT2D eigenvalue weighted by molar-refractivity contribution is 5.40. The molecule has 3 rings (SSSR count). The van der Waals surface area contributed by atoms with Crippen molar-refractivity contribution in [1.82, 2.24) is 14.8 Å². The summed E-state index contributed by atoms with van der Waals surface area (Å²) in [4.78, 5) is 4.33. The highest BCUT2D eigenvalue weighted by atomic mass is 16.5. The van der Waals surface area contributed by atoms with Gasteiger partial charge in [0.25, 0.3) is 0 Å². The predicted octanol–water partition coefficient (Wildman–Crippen LogP) is 1.73. The Kier molecular flexibility index (Phi) is 3.69. The van der Waals surface area contributed by atoms with Gasteiger partial charge in [0.1, 0.15) is 17.9 Å². The fourth-order valence-corrected chi connectivity index (χ4v) is 2.74. The zero-order valence-electron chi connectivity index (χ0n) is 11.7. The molecule has 2 unspecified atom stereocenters. The van der Waals surface area contributed by atoms with Gasteiger partial charge in [0, 0.05) is 30.5 Å². The van der Waals surface area contributed by atoms with Crippen LogP contribution in [0.5, 0.6) is 5.75 Å². The van der Waals surface area contributed by atoms with E-state index in [1.165, 1.54) is 5.56 Å². The summed E-state index contributed by atoms with van der Waals surface area (Å²) in [7, 11) is 0. The van der Waals surface area contributed by atoms with Crippen molar-refractivity contribution in [1.29, 1.82) is 0 Å². The monoisotopic (exact) mass is 272 g/mol. The topological polar surface area (TPSA) is 66.0 Å². The van der Waals surface area contributed by atoms with Crippen LogP contribution in [-0.2, 0) is 13.0 Å². The minimum atomic E-state index is -0.00143. The number of aryl methyl sites for hydroxylation is 1. The van der Waals surface area contributed by atoms with Gasteiger partial charge in [0.2, 0.25) is 0 Å². The number of para-hydroxylation sites is 1. The molecule has 2 heterocycles. The molecular formula is C15H20N4O. The minimum absolute atomic E-state index is 0.00143. The van der Waals surface area contributed by atoms with E-state index in [9.17, 15) is 0 Å². The number of hydrogen-bond acceptors (Lipinski definition) is 4. The fourth-order valence-electron chi connectivity index (χ4n) is 2.74. The lowest BCUT2D eigenvalue weighted by Crippen LogP contribution is -2.33. The van der Waals surface area contributed by atoms with E-state index >= 15 is 0 Å². The second-order valence-corrected chi connectivity index (χ2v) is 5.22. The van der Waals surface area contributed by atoms with Crippen LogP contribution in [0, 0.1) is 0 Å². The number of rotatable bonds is 5. The van der Waals surface area contributed by atoms with Crippen LogP contribution in [0.2, 0.25) is 0 Å². The molecule has 0 aliphatic carbocycles. The number of fused-ring (bicyclic) bond motifs is 1. The molecule has 0 fully saturated rings. The van der Waals surface area contributed by atoms with Crippen molar-refractivity contribution >= 4 is 0 Å². The van der Waals surface area contributed by atoms with Gasteiger partial charge >= 0.3 is 0 Å². The molecule has 2 N–H and O–H groups in total. The van der Waals surface area contributed by atoms with Crippen molar-refractivity contribution in [3.63, 3.8) is 0 Å². The maximum absolute atomic E-state index is 6.39. The third-order valence-corrected chi connectivity index (χ3v) is 3.80. The first-order chi connectivity index (χ1) is 9.79. The van der Waals surface area contributed by atoms with Crippen LogP contribution >= 0.6 is 0 Å². The largest absolute Gasteiger partial charge is 0.493 e. The first kappa shape index (κ1) is 13.1. The molecule has 0 saturated carbocycles. The van der Waals surface area contributed by atoms with Gasteiger partial charge in [-0.3, -0.25) is 4.68 Å². The van der Waals surface area contributed by atoms with Gasteiger partial charge in [-0.05, 0) is 12.5 Å². The molecule has 1 aromatic heterocycles. The van der Waals surface area contributed by atoms with Crippen molar-refractivity contribution in [3.05, 3.63) is 42.0 Å². The van der Waals surface area contributed by atoms with E-state index in [1.54, 1.807) is 6.33 Å². The third-order valence-electron chi connectivity index (χ3n) is 3.80.